The number of hydrogen-bond acceptors (Lipinski definition) is 3. The van der Waals surface area contributed by atoms with Crippen LogP contribution in [0.5, 0.6) is 0 Å². The van der Waals surface area contributed by atoms with Crippen molar-refractivity contribution in [1.82, 2.24) is 0 Å². The maximum atomic E-state index is 12.9. The molecule has 2 aromatic rings. The Morgan fingerprint density at radius 3 is 2.43 bits per heavy atom. The molecule has 4 heteroatoms. The van der Waals surface area contributed by atoms with Crippen molar-refractivity contribution in [1.29, 1.82) is 0 Å². The second-order valence-electron chi connectivity index (χ2n) is 5.46. The lowest BCUT2D eigenvalue weighted by atomic mass is 10.1. The smallest absolute Gasteiger partial charge is 0.363 e. The summed E-state index contributed by atoms with van der Waals surface area (Å²) in [5.41, 5.74) is 3.34. The van der Waals surface area contributed by atoms with Crippen LogP contribution >= 0.6 is 0 Å². The molecule has 0 aromatic heterocycles. The molecule has 0 atom stereocenters. The number of rotatable bonds is 4. The van der Waals surface area contributed by atoms with Gasteiger partial charge in [-0.15, -0.1) is 0 Å². The summed E-state index contributed by atoms with van der Waals surface area (Å²) in [5.74, 6) is -0.361. The first-order valence-corrected chi connectivity index (χ1v) is 7.43. The van der Waals surface area contributed by atoms with E-state index in [1.807, 2.05) is 6.92 Å². The number of nitrogens with zero attached hydrogens (tertiary/aromatic N) is 1. The van der Waals surface area contributed by atoms with Gasteiger partial charge in [0.25, 0.3) is 0 Å². The molecule has 116 valence electrons. The highest BCUT2D eigenvalue weighted by Gasteiger charge is 2.22. The topological polar surface area (TPSA) is 38.7 Å². The molecule has 3 nitrogen and oxygen atoms in total. The van der Waals surface area contributed by atoms with Crippen LogP contribution < -0.4 is 0 Å². The first-order valence-electron chi connectivity index (χ1n) is 7.43. The van der Waals surface area contributed by atoms with E-state index in [1.54, 1.807) is 18.2 Å². The van der Waals surface area contributed by atoms with Crippen molar-refractivity contribution in [2.75, 3.05) is 0 Å². The predicted molar refractivity (Wildman–Crippen MR) is 87.4 cm³/mol. The Bertz CT molecular complexity index is 774. The Hall–Kier alpha value is -2.75. The van der Waals surface area contributed by atoms with Crippen LogP contribution in [0.1, 0.15) is 23.1 Å². The van der Waals surface area contributed by atoms with Gasteiger partial charge in [-0.3, -0.25) is 0 Å². The Kier molecular flexibility index (Phi) is 4.33. The van der Waals surface area contributed by atoms with Gasteiger partial charge in [-0.2, -0.15) is 0 Å². The number of carbonyl (C=O) groups excluding carboxylic acids is 1. The number of esters is 1. The molecule has 0 bridgehead atoms. The third-order valence-electron chi connectivity index (χ3n) is 3.59. The van der Waals surface area contributed by atoms with Crippen LogP contribution in [-0.4, -0.2) is 11.9 Å². The lowest BCUT2D eigenvalue weighted by molar-refractivity contribution is -0.130. The molecule has 0 N–H and O–H groups in total. The predicted octanol–water partition coefficient (Wildman–Crippen LogP) is 4.06. The second-order valence-corrected chi connectivity index (χ2v) is 5.46. The van der Waals surface area contributed by atoms with E-state index in [4.69, 9.17) is 4.74 Å². The Labute approximate surface area is 134 Å². The molecular formula is C19H16FNO2. The molecule has 1 aliphatic rings. The number of aryl methyl sites for hydroxylation is 2. The number of benzene rings is 2. The van der Waals surface area contributed by atoms with Gasteiger partial charge in [0.2, 0.25) is 0 Å². The van der Waals surface area contributed by atoms with Gasteiger partial charge >= 0.3 is 5.97 Å². The third kappa shape index (κ3) is 3.92. The molecule has 0 fully saturated rings. The van der Waals surface area contributed by atoms with Crippen LogP contribution in [0.25, 0.3) is 6.08 Å². The summed E-state index contributed by atoms with van der Waals surface area (Å²) in [7, 11) is 0. The Morgan fingerprint density at radius 2 is 1.74 bits per heavy atom. The normalized spacial score (nSPS) is 15.7. The summed E-state index contributed by atoms with van der Waals surface area (Å²) in [4.78, 5) is 16.1. The number of aliphatic imine (C=N–C) groups is 1. The molecule has 0 unspecified atom stereocenters. The summed E-state index contributed by atoms with van der Waals surface area (Å²) >= 11 is 0. The van der Waals surface area contributed by atoms with Crippen molar-refractivity contribution < 1.29 is 13.9 Å². The highest BCUT2D eigenvalue weighted by molar-refractivity contribution is 6.07. The average molecular weight is 309 g/mol. The Balaban J connectivity index is 1.68. The van der Waals surface area contributed by atoms with E-state index in [0.29, 0.717) is 17.9 Å². The zero-order chi connectivity index (χ0) is 16.2. The lowest BCUT2D eigenvalue weighted by Gasteiger charge is -2.01. The fourth-order valence-corrected chi connectivity index (χ4v) is 2.28. The van der Waals surface area contributed by atoms with Gasteiger partial charge in [-0.05, 0) is 42.7 Å². The van der Waals surface area contributed by atoms with Gasteiger partial charge in [0.1, 0.15) is 5.82 Å². The molecule has 0 spiro atoms. The van der Waals surface area contributed by atoms with Gasteiger partial charge in [-0.25, -0.2) is 14.2 Å². The first kappa shape index (κ1) is 15.2. The molecule has 0 saturated carbocycles. The minimum Gasteiger partial charge on any atom is -0.407 e. The lowest BCUT2D eigenvalue weighted by Crippen LogP contribution is -2.05. The maximum absolute atomic E-state index is 12.9. The number of cyclic esters (lactones) is 1. The molecule has 1 aliphatic heterocycles. The van der Waals surface area contributed by atoms with E-state index in [0.717, 1.165) is 6.42 Å². The van der Waals surface area contributed by atoms with Crippen LogP contribution in [-0.2, 0) is 16.0 Å². The fraction of sp³-hybridized carbons (Fsp3) is 0.158. The molecule has 3 rings (SSSR count). The summed E-state index contributed by atoms with van der Waals surface area (Å²) in [6, 6.07) is 14.1. The summed E-state index contributed by atoms with van der Waals surface area (Å²) < 4.78 is 18.1. The van der Waals surface area contributed by atoms with E-state index in [1.165, 1.54) is 23.3 Å². The zero-order valence-corrected chi connectivity index (χ0v) is 12.8. The fourth-order valence-electron chi connectivity index (χ4n) is 2.28. The summed E-state index contributed by atoms with van der Waals surface area (Å²) in [5, 5.41) is 0. The van der Waals surface area contributed by atoms with E-state index >= 15 is 0 Å². The zero-order valence-electron chi connectivity index (χ0n) is 12.8. The van der Waals surface area contributed by atoms with Crippen molar-refractivity contribution in [3.8, 4) is 0 Å². The molecule has 23 heavy (non-hydrogen) atoms. The van der Waals surface area contributed by atoms with E-state index in [9.17, 15) is 9.18 Å². The van der Waals surface area contributed by atoms with Crippen LogP contribution in [0.15, 0.2) is 59.2 Å². The summed E-state index contributed by atoms with van der Waals surface area (Å²) in [6.07, 6.45) is 2.92. The largest absolute Gasteiger partial charge is 0.407 e. The second kappa shape index (κ2) is 6.57. The van der Waals surface area contributed by atoms with Crippen molar-refractivity contribution >= 4 is 17.9 Å². The van der Waals surface area contributed by atoms with Crippen molar-refractivity contribution in [3.05, 3.63) is 76.7 Å². The van der Waals surface area contributed by atoms with Crippen LogP contribution in [0, 0.1) is 12.7 Å². The standard InChI is InChI=1S/C19H16FNO2/c1-13-2-4-14(5-3-13)8-11-18-21-17(19(22)23-18)12-15-6-9-16(20)10-7-15/h2-7,9-10,12H,8,11H2,1H3/b17-12+. The minimum atomic E-state index is -0.465. The van der Waals surface area contributed by atoms with E-state index in [2.05, 4.69) is 29.3 Å². The van der Waals surface area contributed by atoms with E-state index < -0.39 is 5.97 Å². The number of carbonyl (C=O) groups is 1. The molecule has 0 radical (unpaired) electrons. The third-order valence-corrected chi connectivity index (χ3v) is 3.59. The highest BCUT2D eigenvalue weighted by atomic mass is 19.1. The van der Waals surface area contributed by atoms with Gasteiger partial charge in [-0.1, -0.05) is 42.0 Å². The van der Waals surface area contributed by atoms with Crippen molar-refractivity contribution in [2.24, 2.45) is 4.99 Å². The molecule has 0 amide bonds. The molecule has 2 aromatic carbocycles. The molecule has 0 saturated heterocycles. The van der Waals surface area contributed by atoms with Crippen molar-refractivity contribution in [2.45, 2.75) is 19.8 Å². The number of ether oxygens (including phenoxy) is 1. The maximum Gasteiger partial charge on any atom is 0.363 e. The van der Waals surface area contributed by atoms with Crippen molar-refractivity contribution in [3.63, 3.8) is 0 Å². The Morgan fingerprint density at radius 1 is 1.04 bits per heavy atom. The van der Waals surface area contributed by atoms with Gasteiger partial charge in [0, 0.05) is 6.42 Å². The van der Waals surface area contributed by atoms with Gasteiger partial charge in [0.05, 0.1) is 0 Å². The number of hydrogen-bond donors (Lipinski definition) is 0. The SMILES string of the molecule is Cc1ccc(CCC2=N/C(=C/c3ccc(F)cc3)C(=O)O2)cc1. The van der Waals surface area contributed by atoms with E-state index in [-0.39, 0.29) is 11.5 Å². The molecular weight excluding hydrogens is 293 g/mol. The molecule has 1 heterocycles. The minimum absolute atomic E-state index is 0.246. The van der Waals surface area contributed by atoms with Crippen LogP contribution in [0.2, 0.25) is 0 Å². The quantitative estimate of drug-likeness (QED) is 0.631. The first-order chi connectivity index (χ1) is 11.1. The average Bonchev–Trinajstić information content (AvgIpc) is 2.89. The van der Waals surface area contributed by atoms with Gasteiger partial charge in [0.15, 0.2) is 11.6 Å². The highest BCUT2D eigenvalue weighted by Crippen LogP contribution is 2.18. The van der Waals surface area contributed by atoms with Crippen LogP contribution in [0.4, 0.5) is 4.39 Å². The van der Waals surface area contributed by atoms with Crippen LogP contribution in [0.3, 0.4) is 0 Å². The number of halogens is 1. The van der Waals surface area contributed by atoms with Gasteiger partial charge < -0.3 is 4.74 Å². The monoisotopic (exact) mass is 309 g/mol. The molecule has 0 aliphatic carbocycles. The summed E-state index contributed by atoms with van der Waals surface area (Å²) in [6.45, 7) is 2.04.